The molecule has 3 nitrogen and oxygen atoms in total. The van der Waals surface area contributed by atoms with Crippen LogP contribution in [0.25, 0.3) is 0 Å². The van der Waals surface area contributed by atoms with Crippen molar-refractivity contribution >= 4 is 28.9 Å². The number of hydrogen-bond donors (Lipinski definition) is 1. The Morgan fingerprint density at radius 3 is 2.93 bits per heavy atom. The highest BCUT2D eigenvalue weighted by Gasteiger charge is 2.23. The Morgan fingerprint density at radius 2 is 2.27 bits per heavy atom. The van der Waals surface area contributed by atoms with E-state index in [1.807, 2.05) is 6.07 Å². The highest BCUT2D eigenvalue weighted by atomic mass is 35.5. The van der Waals surface area contributed by atoms with E-state index in [0.717, 1.165) is 11.3 Å². The third-order valence-electron chi connectivity index (χ3n) is 2.20. The molecule has 1 atom stereocenters. The normalized spacial score (nSPS) is 19.9. The average Bonchev–Trinajstić information content (AvgIpc) is 2.70. The third kappa shape index (κ3) is 2.09. The van der Waals surface area contributed by atoms with Crippen LogP contribution in [-0.4, -0.2) is 23.5 Å². The Bertz CT molecular complexity index is 406. The van der Waals surface area contributed by atoms with Gasteiger partial charge in [0.05, 0.1) is 22.4 Å². The van der Waals surface area contributed by atoms with Gasteiger partial charge in [0.25, 0.3) is 0 Å². The van der Waals surface area contributed by atoms with Gasteiger partial charge >= 0.3 is 0 Å². The molecule has 1 aliphatic heterocycles. The van der Waals surface area contributed by atoms with E-state index in [1.54, 1.807) is 12.1 Å². The number of aliphatic hydroxyl groups excluding tert-OH is 1. The Kier molecular flexibility index (Phi) is 3.14. The van der Waals surface area contributed by atoms with Crippen LogP contribution in [0, 0.1) is 0 Å². The molecule has 0 radical (unpaired) electrons. The van der Waals surface area contributed by atoms with Crippen LogP contribution in [0.5, 0.6) is 0 Å². The first-order chi connectivity index (χ1) is 7.22. The summed E-state index contributed by atoms with van der Waals surface area (Å²) in [6, 6.07) is 5.35. The second kappa shape index (κ2) is 4.39. The first kappa shape index (κ1) is 10.7. The van der Waals surface area contributed by atoms with Crippen molar-refractivity contribution in [1.29, 1.82) is 0 Å². The molecule has 15 heavy (non-hydrogen) atoms. The maximum atomic E-state index is 8.90. The molecule has 0 aromatic heterocycles. The van der Waals surface area contributed by atoms with Gasteiger partial charge in [0.1, 0.15) is 0 Å². The number of aliphatic hydroxyl groups is 1. The zero-order chi connectivity index (χ0) is 10.8. The predicted molar refractivity (Wildman–Crippen MR) is 59.6 cm³/mol. The molecule has 1 aliphatic rings. The summed E-state index contributed by atoms with van der Waals surface area (Å²) in [4.78, 5) is 5.00. The van der Waals surface area contributed by atoms with Crippen molar-refractivity contribution in [2.24, 2.45) is 5.16 Å². The Morgan fingerprint density at radius 1 is 1.47 bits per heavy atom. The van der Waals surface area contributed by atoms with E-state index in [9.17, 15) is 0 Å². The first-order valence-corrected chi connectivity index (χ1v) is 5.26. The number of halogens is 2. The molecular formula is C10H9Cl2NO2. The lowest BCUT2D eigenvalue weighted by atomic mass is 10.1. The van der Waals surface area contributed by atoms with Gasteiger partial charge in [-0.2, -0.15) is 0 Å². The molecule has 0 spiro atoms. The van der Waals surface area contributed by atoms with Crippen LogP contribution in [0.3, 0.4) is 0 Å². The largest absolute Gasteiger partial charge is 0.392 e. The highest BCUT2D eigenvalue weighted by Crippen LogP contribution is 2.28. The van der Waals surface area contributed by atoms with E-state index in [1.165, 1.54) is 0 Å². The van der Waals surface area contributed by atoms with Crippen LogP contribution in [0.1, 0.15) is 12.0 Å². The number of oxime groups is 1. The summed E-state index contributed by atoms with van der Waals surface area (Å²) in [6.07, 6.45) is 0.284. The van der Waals surface area contributed by atoms with Crippen LogP contribution in [0.2, 0.25) is 10.0 Å². The van der Waals surface area contributed by atoms with Crippen molar-refractivity contribution in [2.75, 3.05) is 6.61 Å². The van der Waals surface area contributed by atoms with E-state index in [2.05, 4.69) is 5.16 Å². The Hall–Kier alpha value is -0.770. The Labute approximate surface area is 97.2 Å². The molecular weight excluding hydrogens is 237 g/mol. The fraction of sp³-hybridized carbons (Fsp3) is 0.300. The molecule has 1 aromatic rings. The number of rotatable bonds is 2. The van der Waals surface area contributed by atoms with Crippen LogP contribution in [-0.2, 0) is 4.84 Å². The smallest absolute Gasteiger partial charge is 0.156 e. The molecule has 0 fully saturated rings. The monoisotopic (exact) mass is 245 g/mol. The van der Waals surface area contributed by atoms with Gasteiger partial charge in [-0.05, 0) is 6.07 Å². The molecule has 0 saturated carbocycles. The molecule has 0 amide bonds. The van der Waals surface area contributed by atoms with Crippen molar-refractivity contribution < 1.29 is 9.94 Å². The summed E-state index contributed by atoms with van der Waals surface area (Å²) in [5.74, 6) is 0. The second-order valence-electron chi connectivity index (χ2n) is 3.25. The van der Waals surface area contributed by atoms with E-state index >= 15 is 0 Å². The lowest BCUT2D eigenvalue weighted by Crippen LogP contribution is -2.12. The van der Waals surface area contributed by atoms with Gasteiger partial charge in [-0.25, -0.2) is 0 Å². The van der Waals surface area contributed by atoms with E-state index in [-0.39, 0.29) is 12.7 Å². The van der Waals surface area contributed by atoms with Gasteiger partial charge in [0.2, 0.25) is 0 Å². The minimum Gasteiger partial charge on any atom is -0.392 e. The molecule has 5 heteroatoms. The standard InChI is InChI=1S/C10H9Cl2NO2/c11-8-3-1-2-7(10(8)12)9-4-6(5-14)15-13-9/h1-3,6,14H,4-5H2. The van der Waals surface area contributed by atoms with Crippen LogP contribution < -0.4 is 0 Å². The zero-order valence-corrected chi connectivity index (χ0v) is 9.29. The van der Waals surface area contributed by atoms with Crippen molar-refractivity contribution in [3.63, 3.8) is 0 Å². The van der Waals surface area contributed by atoms with E-state index in [0.29, 0.717) is 16.5 Å². The number of nitrogens with zero attached hydrogens (tertiary/aromatic N) is 1. The van der Waals surface area contributed by atoms with Crippen molar-refractivity contribution in [3.05, 3.63) is 33.8 Å². The molecule has 0 bridgehead atoms. The molecule has 80 valence electrons. The molecule has 1 heterocycles. The zero-order valence-electron chi connectivity index (χ0n) is 7.78. The first-order valence-electron chi connectivity index (χ1n) is 4.50. The van der Waals surface area contributed by atoms with Gasteiger partial charge < -0.3 is 9.94 Å². The summed E-state index contributed by atoms with van der Waals surface area (Å²) in [7, 11) is 0. The summed E-state index contributed by atoms with van der Waals surface area (Å²) in [6.45, 7) is -0.0504. The minimum absolute atomic E-state index is 0.0504. The summed E-state index contributed by atoms with van der Waals surface area (Å²) in [5.41, 5.74) is 1.49. The predicted octanol–water partition coefficient (Wildman–Crippen LogP) is 2.48. The van der Waals surface area contributed by atoms with E-state index < -0.39 is 0 Å². The lowest BCUT2D eigenvalue weighted by molar-refractivity contribution is 0.0390. The minimum atomic E-state index is -0.268. The highest BCUT2D eigenvalue weighted by molar-refractivity contribution is 6.44. The maximum Gasteiger partial charge on any atom is 0.156 e. The topological polar surface area (TPSA) is 41.8 Å². The molecule has 1 unspecified atom stereocenters. The van der Waals surface area contributed by atoms with Crippen LogP contribution in [0.4, 0.5) is 0 Å². The maximum absolute atomic E-state index is 8.90. The van der Waals surface area contributed by atoms with Gasteiger partial charge in [-0.15, -0.1) is 0 Å². The van der Waals surface area contributed by atoms with Crippen LogP contribution in [0.15, 0.2) is 23.4 Å². The fourth-order valence-corrected chi connectivity index (χ4v) is 1.82. The Balaban J connectivity index is 2.28. The number of benzene rings is 1. The quantitative estimate of drug-likeness (QED) is 0.870. The molecule has 2 rings (SSSR count). The molecule has 0 saturated heterocycles. The lowest BCUT2D eigenvalue weighted by Gasteiger charge is -2.04. The van der Waals surface area contributed by atoms with Gasteiger partial charge in [-0.1, -0.05) is 40.5 Å². The van der Waals surface area contributed by atoms with Crippen molar-refractivity contribution in [2.45, 2.75) is 12.5 Å². The summed E-state index contributed by atoms with van der Waals surface area (Å²) >= 11 is 11.9. The number of hydrogen-bond acceptors (Lipinski definition) is 3. The SMILES string of the molecule is OCC1CC(c2cccc(Cl)c2Cl)=NO1. The van der Waals surface area contributed by atoms with Crippen molar-refractivity contribution in [1.82, 2.24) is 0 Å². The summed E-state index contributed by atoms with van der Waals surface area (Å²) < 4.78 is 0. The third-order valence-corrected chi connectivity index (χ3v) is 3.02. The molecule has 1 N–H and O–H groups in total. The van der Waals surface area contributed by atoms with Gasteiger partial charge in [0, 0.05) is 12.0 Å². The van der Waals surface area contributed by atoms with Gasteiger partial charge in [-0.3, -0.25) is 0 Å². The van der Waals surface area contributed by atoms with Gasteiger partial charge in [0.15, 0.2) is 6.10 Å². The van der Waals surface area contributed by atoms with Crippen molar-refractivity contribution in [3.8, 4) is 0 Å². The average molecular weight is 246 g/mol. The summed E-state index contributed by atoms with van der Waals surface area (Å²) in [5, 5.41) is 13.7. The second-order valence-corrected chi connectivity index (χ2v) is 4.04. The fourth-order valence-electron chi connectivity index (χ4n) is 1.41. The van der Waals surface area contributed by atoms with Crippen LogP contribution >= 0.6 is 23.2 Å². The molecule has 0 aliphatic carbocycles. The van der Waals surface area contributed by atoms with E-state index in [4.69, 9.17) is 33.1 Å². The molecule has 1 aromatic carbocycles.